The normalized spacial score (nSPS) is 34.2. The van der Waals surface area contributed by atoms with E-state index in [1.165, 1.54) is 18.5 Å². The lowest BCUT2D eigenvalue weighted by Gasteiger charge is -2.35. The molecule has 1 aliphatic heterocycles. The van der Waals surface area contributed by atoms with Crippen LogP contribution in [0.2, 0.25) is 0 Å². The van der Waals surface area contributed by atoms with E-state index in [1.807, 2.05) is 0 Å². The molecule has 2 atom stereocenters. The summed E-state index contributed by atoms with van der Waals surface area (Å²) in [6.07, 6.45) is 1.21. The Kier molecular flexibility index (Phi) is 3.25. The molecule has 0 aromatic carbocycles. The van der Waals surface area contributed by atoms with E-state index in [9.17, 15) is 0 Å². The van der Waals surface area contributed by atoms with Crippen molar-refractivity contribution >= 4 is 25.5 Å². The topological polar surface area (TPSA) is 3.24 Å². The van der Waals surface area contributed by atoms with E-state index >= 15 is 0 Å². The molecule has 0 saturated carbocycles. The Hall–Kier alpha value is 0.300. The van der Waals surface area contributed by atoms with E-state index in [0.717, 1.165) is 5.92 Å². The van der Waals surface area contributed by atoms with Crippen LogP contribution in [0.4, 0.5) is 0 Å². The molecule has 1 saturated heterocycles. The zero-order valence-corrected chi connectivity index (χ0v) is 9.47. The number of halogens is 1. The van der Waals surface area contributed by atoms with E-state index in [0.29, 0.717) is 6.04 Å². The first kappa shape index (κ1) is 9.39. The number of hydrogen-bond donors (Lipinski definition) is 0. The first-order valence-corrected chi connectivity index (χ1v) is 6.47. The Bertz CT molecular complexity index is 176. The molecule has 2 unspecified atom stereocenters. The molecule has 1 rings (SSSR count). The predicted octanol–water partition coefficient (Wildman–Crippen LogP) is 2.59. The van der Waals surface area contributed by atoms with Gasteiger partial charge in [-0.05, 0) is 40.3 Å². The third kappa shape index (κ3) is 2.12. The Labute approximate surface area is 79.6 Å². The van der Waals surface area contributed by atoms with Crippen LogP contribution in [-0.4, -0.2) is 20.2 Å². The van der Waals surface area contributed by atoms with Crippen molar-refractivity contribution in [2.45, 2.75) is 26.3 Å². The molecule has 0 amide bonds. The minimum Gasteiger partial charge on any atom is -0.246 e. The molecule has 1 nitrogen and oxygen atoms in total. The summed E-state index contributed by atoms with van der Waals surface area (Å²) in [5.41, 5.74) is 1.40. The van der Waals surface area contributed by atoms with Gasteiger partial charge in [0.05, 0.1) is 0 Å². The summed E-state index contributed by atoms with van der Waals surface area (Å²) in [6.45, 7) is 9.87. The van der Waals surface area contributed by atoms with Crippen LogP contribution >= 0.6 is 21.0 Å². The second kappa shape index (κ2) is 3.81. The monoisotopic (exact) mass is 265 g/mol. The summed E-state index contributed by atoms with van der Waals surface area (Å²) in [5.74, 6) is 0.792. The van der Waals surface area contributed by atoms with Gasteiger partial charge in [0.2, 0.25) is 0 Å². The van der Waals surface area contributed by atoms with Gasteiger partial charge in [-0.3, -0.25) is 0 Å². The van der Waals surface area contributed by atoms with Crippen molar-refractivity contribution in [1.82, 2.24) is 3.11 Å². The number of hydrogen-bond acceptors (Lipinski definition) is 1. The van der Waals surface area contributed by atoms with Crippen molar-refractivity contribution in [3.05, 3.63) is 12.2 Å². The van der Waals surface area contributed by atoms with Gasteiger partial charge in [0.15, 0.2) is 0 Å². The molecular formula is C9H16IN. The highest BCUT2D eigenvalue weighted by molar-refractivity contribution is 14.2. The third-order valence-corrected chi connectivity index (χ3v) is 4.37. The van der Waals surface area contributed by atoms with Gasteiger partial charge in [0.25, 0.3) is 0 Å². The maximum atomic E-state index is 4.09. The smallest absolute Gasteiger partial charge is 0.0368 e. The van der Waals surface area contributed by atoms with Crippen molar-refractivity contribution in [3.63, 3.8) is 0 Å². The first-order chi connectivity index (χ1) is 5.15. The second-order valence-corrected chi connectivity index (χ2v) is 5.27. The maximum Gasteiger partial charge on any atom is 0.0368 e. The standard InChI is InChI=1S/C9H16IN/c1-7-5-8(2)9(3)11(6-7)10-4/h7,9H,2,4-6H2,1,3H3. The number of nitrogens with zero attached hydrogens (tertiary/aromatic N) is 1. The van der Waals surface area contributed by atoms with E-state index in [4.69, 9.17) is 0 Å². The van der Waals surface area contributed by atoms with Gasteiger partial charge in [0.1, 0.15) is 0 Å². The largest absolute Gasteiger partial charge is 0.246 e. The number of piperidine rings is 1. The Balaban J connectivity index is 2.65. The summed E-state index contributed by atoms with van der Waals surface area (Å²) < 4.78 is 6.52. The third-order valence-electron chi connectivity index (χ3n) is 2.26. The highest BCUT2D eigenvalue weighted by Crippen LogP contribution is 2.29. The van der Waals surface area contributed by atoms with Gasteiger partial charge in [-0.2, -0.15) is 0 Å². The van der Waals surface area contributed by atoms with E-state index in [1.54, 1.807) is 0 Å². The summed E-state index contributed by atoms with van der Waals surface area (Å²) in [6, 6.07) is 0.594. The molecular weight excluding hydrogens is 249 g/mol. The highest BCUT2D eigenvalue weighted by atomic mass is 127. The van der Waals surface area contributed by atoms with Crippen LogP contribution in [0.5, 0.6) is 0 Å². The van der Waals surface area contributed by atoms with Gasteiger partial charge in [-0.25, -0.2) is 3.11 Å². The molecule has 1 heterocycles. The molecule has 64 valence electrons. The average Bonchev–Trinajstić information content (AvgIpc) is 1.96. The zero-order valence-electron chi connectivity index (χ0n) is 7.31. The van der Waals surface area contributed by atoms with E-state index < -0.39 is 0 Å². The summed E-state index contributed by atoms with van der Waals surface area (Å²) in [5, 5.41) is 0. The maximum absolute atomic E-state index is 4.09. The predicted molar refractivity (Wildman–Crippen MR) is 60.2 cm³/mol. The molecule has 0 aromatic rings. The van der Waals surface area contributed by atoms with Crippen LogP contribution in [-0.2, 0) is 0 Å². The average molecular weight is 265 g/mol. The number of rotatable bonds is 1. The molecule has 0 bridgehead atoms. The molecule has 0 aromatic heterocycles. The lowest BCUT2D eigenvalue weighted by molar-refractivity contribution is 0.319. The lowest BCUT2D eigenvalue weighted by Crippen LogP contribution is -2.35. The fraction of sp³-hybridized carbons (Fsp3) is 0.667. The molecule has 0 N–H and O–H groups in total. The van der Waals surface area contributed by atoms with E-state index in [-0.39, 0.29) is 21.0 Å². The van der Waals surface area contributed by atoms with Crippen LogP contribution in [0.3, 0.4) is 0 Å². The highest BCUT2D eigenvalue weighted by Gasteiger charge is 2.23. The molecule has 2 heteroatoms. The molecule has 11 heavy (non-hydrogen) atoms. The Morgan fingerprint density at radius 1 is 1.55 bits per heavy atom. The van der Waals surface area contributed by atoms with Crippen LogP contribution in [0.1, 0.15) is 20.3 Å². The quantitative estimate of drug-likeness (QED) is 0.400. The van der Waals surface area contributed by atoms with Crippen molar-refractivity contribution in [1.29, 1.82) is 0 Å². The van der Waals surface area contributed by atoms with Crippen LogP contribution < -0.4 is 0 Å². The van der Waals surface area contributed by atoms with Crippen molar-refractivity contribution in [2.24, 2.45) is 5.92 Å². The van der Waals surface area contributed by atoms with Crippen LogP contribution in [0, 0.1) is 5.92 Å². The second-order valence-electron chi connectivity index (χ2n) is 3.35. The van der Waals surface area contributed by atoms with Gasteiger partial charge in [-0.1, -0.05) is 23.6 Å². The molecule has 1 aliphatic rings. The fourth-order valence-electron chi connectivity index (χ4n) is 1.49. The first-order valence-electron chi connectivity index (χ1n) is 3.98. The SMILES string of the molecule is C=IN1CC(C)CC(=C)C1C. The van der Waals surface area contributed by atoms with Crippen molar-refractivity contribution in [2.75, 3.05) is 6.54 Å². The summed E-state index contributed by atoms with van der Waals surface area (Å²) >= 11 is 0.0142. The van der Waals surface area contributed by atoms with Crippen molar-refractivity contribution in [3.8, 4) is 0 Å². The lowest BCUT2D eigenvalue weighted by atomic mass is 9.93. The minimum absolute atomic E-state index is 0.0142. The summed E-state index contributed by atoms with van der Waals surface area (Å²) in [7, 11) is 0. The molecule has 0 radical (unpaired) electrons. The molecule has 0 spiro atoms. The Morgan fingerprint density at radius 2 is 2.18 bits per heavy atom. The molecule has 0 aliphatic carbocycles. The van der Waals surface area contributed by atoms with Crippen LogP contribution in [0.15, 0.2) is 12.2 Å². The van der Waals surface area contributed by atoms with Gasteiger partial charge in [0, 0.05) is 12.6 Å². The Morgan fingerprint density at radius 3 is 2.73 bits per heavy atom. The van der Waals surface area contributed by atoms with Gasteiger partial charge in [-0.15, -0.1) is 0 Å². The van der Waals surface area contributed by atoms with E-state index in [2.05, 4.69) is 28.1 Å². The van der Waals surface area contributed by atoms with Crippen molar-refractivity contribution < 1.29 is 0 Å². The van der Waals surface area contributed by atoms with Crippen LogP contribution in [0.25, 0.3) is 0 Å². The molecule has 1 fully saturated rings. The van der Waals surface area contributed by atoms with Gasteiger partial charge >= 0.3 is 0 Å². The summed E-state index contributed by atoms with van der Waals surface area (Å²) in [4.78, 5) is 0. The zero-order chi connectivity index (χ0) is 8.43. The fourth-order valence-corrected chi connectivity index (χ4v) is 3.42. The van der Waals surface area contributed by atoms with Gasteiger partial charge < -0.3 is 0 Å². The minimum atomic E-state index is 0.0142.